The van der Waals surface area contributed by atoms with E-state index in [-0.39, 0.29) is 11.1 Å². The molecule has 0 heterocycles. The van der Waals surface area contributed by atoms with Gasteiger partial charge in [-0.05, 0) is 27.4 Å². The van der Waals surface area contributed by atoms with Crippen LogP contribution >= 0.6 is 0 Å². The van der Waals surface area contributed by atoms with Gasteiger partial charge in [0.25, 0.3) is 8.32 Å². The van der Waals surface area contributed by atoms with Gasteiger partial charge in [-0.25, -0.2) is 0 Å². The molecule has 0 radical (unpaired) electrons. The number of ether oxygens (including phenoxy) is 1. The molecule has 0 fully saturated rings. The van der Waals surface area contributed by atoms with Crippen molar-refractivity contribution in [1.29, 1.82) is 0 Å². The van der Waals surface area contributed by atoms with Crippen LogP contribution in [-0.2, 0) is 9.16 Å². The fraction of sp³-hybridized carbons (Fsp3) is 0.286. The molecule has 0 aliphatic carbocycles. The summed E-state index contributed by atoms with van der Waals surface area (Å²) < 4.78 is 12.6. The van der Waals surface area contributed by atoms with E-state index in [4.69, 9.17) is 9.16 Å². The van der Waals surface area contributed by atoms with Crippen LogP contribution < -0.4 is 10.4 Å². The number of methoxy groups -OCH3 is 1. The molecule has 3 aromatic rings. The zero-order chi connectivity index (χ0) is 22.2. The Labute approximate surface area is 188 Å². The standard InChI is InChI=1S/C28H34O2Si/c1-28(2,3)31(25-18-10-6-11-19-25,26-20-12-7-13-21-26)30-27(22-14-15-23-29-4)24-16-8-5-9-17-24/h5-21,27H,22-23H2,1-4H3/b15-14+. The number of benzene rings is 3. The van der Waals surface area contributed by atoms with Crippen molar-refractivity contribution in [3.63, 3.8) is 0 Å². The second-order valence-electron chi connectivity index (χ2n) is 8.84. The second kappa shape index (κ2) is 10.7. The van der Waals surface area contributed by atoms with Crippen molar-refractivity contribution in [2.24, 2.45) is 0 Å². The normalized spacial score (nSPS) is 13.4. The topological polar surface area (TPSA) is 18.5 Å². The summed E-state index contributed by atoms with van der Waals surface area (Å²) in [4.78, 5) is 0. The number of hydrogen-bond acceptors (Lipinski definition) is 2. The van der Waals surface area contributed by atoms with Crippen molar-refractivity contribution in [2.45, 2.75) is 38.3 Å². The molecule has 3 heteroatoms. The summed E-state index contributed by atoms with van der Waals surface area (Å²) >= 11 is 0. The number of hydrogen-bond donors (Lipinski definition) is 0. The first kappa shape index (κ1) is 23.2. The van der Waals surface area contributed by atoms with Crippen LogP contribution in [0.2, 0.25) is 5.04 Å². The van der Waals surface area contributed by atoms with Gasteiger partial charge in [-0.3, -0.25) is 0 Å². The lowest BCUT2D eigenvalue weighted by Crippen LogP contribution is -2.66. The summed E-state index contributed by atoms with van der Waals surface area (Å²) in [6.45, 7) is 7.58. The lowest BCUT2D eigenvalue weighted by Gasteiger charge is -2.45. The molecule has 0 aromatic heterocycles. The van der Waals surface area contributed by atoms with E-state index in [9.17, 15) is 0 Å². The maximum Gasteiger partial charge on any atom is 0.261 e. The van der Waals surface area contributed by atoms with E-state index in [1.165, 1.54) is 15.9 Å². The fourth-order valence-corrected chi connectivity index (χ4v) is 8.88. The second-order valence-corrected chi connectivity index (χ2v) is 13.1. The first-order chi connectivity index (χ1) is 15.0. The van der Waals surface area contributed by atoms with Crippen molar-refractivity contribution in [3.05, 3.63) is 109 Å². The highest BCUT2D eigenvalue weighted by Crippen LogP contribution is 2.40. The molecule has 0 amide bonds. The Morgan fingerprint density at radius 3 is 1.68 bits per heavy atom. The Bertz CT molecular complexity index is 892. The van der Waals surface area contributed by atoms with Crippen LogP contribution in [0.1, 0.15) is 38.9 Å². The van der Waals surface area contributed by atoms with Gasteiger partial charge in [-0.15, -0.1) is 0 Å². The van der Waals surface area contributed by atoms with E-state index in [0.29, 0.717) is 6.61 Å². The van der Waals surface area contributed by atoms with E-state index >= 15 is 0 Å². The van der Waals surface area contributed by atoms with E-state index in [2.05, 4.69) is 124 Å². The Hall–Kier alpha value is -2.46. The maximum absolute atomic E-state index is 7.39. The first-order valence-corrected chi connectivity index (χ1v) is 12.9. The summed E-state index contributed by atoms with van der Waals surface area (Å²) in [5, 5.41) is 2.55. The molecule has 0 N–H and O–H groups in total. The van der Waals surface area contributed by atoms with Gasteiger partial charge >= 0.3 is 0 Å². The Morgan fingerprint density at radius 2 is 1.23 bits per heavy atom. The smallest absolute Gasteiger partial charge is 0.261 e. The van der Waals surface area contributed by atoms with Gasteiger partial charge in [-0.2, -0.15) is 0 Å². The molecule has 0 bridgehead atoms. The largest absolute Gasteiger partial charge is 0.400 e. The Kier molecular flexibility index (Phi) is 8.02. The molecule has 0 saturated carbocycles. The average molecular weight is 431 g/mol. The zero-order valence-electron chi connectivity index (χ0n) is 19.1. The Balaban J connectivity index is 2.15. The Morgan fingerprint density at radius 1 is 0.742 bits per heavy atom. The van der Waals surface area contributed by atoms with Crippen LogP contribution in [-0.4, -0.2) is 22.0 Å². The molecule has 162 valence electrons. The van der Waals surface area contributed by atoms with Crippen molar-refractivity contribution in [3.8, 4) is 0 Å². The molecule has 1 unspecified atom stereocenters. The van der Waals surface area contributed by atoms with Crippen molar-refractivity contribution < 1.29 is 9.16 Å². The molecule has 0 spiro atoms. The van der Waals surface area contributed by atoms with Crippen molar-refractivity contribution in [2.75, 3.05) is 13.7 Å². The third-order valence-electron chi connectivity index (χ3n) is 5.69. The van der Waals surface area contributed by atoms with Crippen LogP contribution in [0, 0.1) is 0 Å². The molecule has 3 aromatic carbocycles. The average Bonchev–Trinajstić information content (AvgIpc) is 2.80. The molecule has 1 atom stereocenters. The molecular weight excluding hydrogens is 396 g/mol. The van der Waals surface area contributed by atoms with Crippen molar-refractivity contribution >= 4 is 18.7 Å². The minimum Gasteiger partial charge on any atom is -0.400 e. The summed E-state index contributed by atoms with van der Waals surface area (Å²) in [5.74, 6) is 0. The lowest BCUT2D eigenvalue weighted by atomic mass is 10.1. The highest BCUT2D eigenvalue weighted by molar-refractivity contribution is 6.99. The quantitative estimate of drug-likeness (QED) is 0.311. The van der Waals surface area contributed by atoms with Crippen LogP contribution in [0.5, 0.6) is 0 Å². The van der Waals surface area contributed by atoms with Crippen LogP contribution in [0.3, 0.4) is 0 Å². The van der Waals surface area contributed by atoms with E-state index in [0.717, 1.165) is 6.42 Å². The third-order valence-corrected chi connectivity index (χ3v) is 10.7. The maximum atomic E-state index is 7.39. The van der Waals surface area contributed by atoms with Gasteiger partial charge in [0.15, 0.2) is 0 Å². The summed E-state index contributed by atoms with van der Waals surface area (Å²) in [6, 6.07) is 32.2. The van der Waals surface area contributed by atoms with Gasteiger partial charge in [-0.1, -0.05) is 124 Å². The molecule has 0 saturated heterocycles. The highest BCUT2D eigenvalue weighted by Gasteiger charge is 2.51. The third kappa shape index (κ3) is 5.42. The van der Waals surface area contributed by atoms with Crippen LogP contribution in [0.15, 0.2) is 103 Å². The van der Waals surface area contributed by atoms with Gasteiger partial charge < -0.3 is 9.16 Å². The van der Waals surface area contributed by atoms with Gasteiger partial charge in [0.05, 0.1) is 12.7 Å². The van der Waals surface area contributed by atoms with Crippen LogP contribution in [0.4, 0.5) is 0 Å². The fourth-order valence-electron chi connectivity index (χ4n) is 4.21. The number of rotatable bonds is 9. The van der Waals surface area contributed by atoms with E-state index < -0.39 is 8.32 Å². The lowest BCUT2D eigenvalue weighted by molar-refractivity contribution is 0.193. The molecule has 0 aliphatic heterocycles. The van der Waals surface area contributed by atoms with Gasteiger partial charge in [0.1, 0.15) is 0 Å². The SMILES string of the molecule is COC/C=C/CC(O[Si](c1ccccc1)(c1ccccc1)C(C)(C)C)c1ccccc1. The minimum atomic E-state index is -2.63. The molecule has 3 rings (SSSR count). The molecular formula is C28H34O2Si. The molecule has 0 aliphatic rings. The zero-order valence-corrected chi connectivity index (χ0v) is 20.1. The summed E-state index contributed by atoms with van der Waals surface area (Å²) in [6.07, 6.45) is 5.02. The van der Waals surface area contributed by atoms with Gasteiger partial charge in [0.2, 0.25) is 0 Å². The van der Waals surface area contributed by atoms with Gasteiger partial charge in [0, 0.05) is 7.11 Å². The van der Waals surface area contributed by atoms with Crippen LogP contribution in [0.25, 0.3) is 0 Å². The predicted octanol–water partition coefficient (Wildman–Crippen LogP) is 5.90. The molecule has 2 nitrogen and oxygen atoms in total. The monoisotopic (exact) mass is 430 g/mol. The highest BCUT2D eigenvalue weighted by atomic mass is 28.4. The van der Waals surface area contributed by atoms with Crippen molar-refractivity contribution in [1.82, 2.24) is 0 Å². The van der Waals surface area contributed by atoms with E-state index in [1.54, 1.807) is 7.11 Å². The van der Waals surface area contributed by atoms with E-state index in [1.807, 2.05) is 0 Å². The molecule has 31 heavy (non-hydrogen) atoms. The minimum absolute atomic E-state index is 0.0411. The first-order valence-electron chi connectivity index (χ1n) is 11.0. The summed E-state index contributed by atoms with van der Waals surface area (Å²) in [5.41, 5.74) is 1.21. The summed E-state index contributed by atoms with van der Waals surface area (Å²) in [7, 11) is -0.909. The predicted molar refractivity (Wildman–Crippen MR) is 134 cm³/mol.